The molecule has 0 saturated heterocycles. The Balaban J connectivity index is 1.82. The molecule has 0 atom stereocenters. The second kappa shape index (κ2) is 6.26. The molecule has 1 aromatic carbocycles. The molecular weight excluding hydrogens is 316 g/mol. The number of hydrogen-bond donors (Lipinski definition) is 1. The first kappa shape index (κ1) is 16.8. The number of rotatable bonds is 2. The summed E-state index contributed by atoms with van der Waals surface area (Å²) in [6, 6.07) is 21.6. The highest BCUT2D eigenvalue weighted by Crippen LogP contribution is 2.38. The van der Waals surface area contributed by atoms with Crippen molar-refractivity contribution in [1.82, 2.24) is 0 Å². The van der Waals surface area contributed by atoms with Crippen molar-refractivity contribution in [3.63, 3.8) is 0 Å². The van der Waals surface area contributed by atoms with E-state index in [1.807, 2.05) is 6.07 Å². The fraction of sp³-hybridized carbons (Fsp3) is 0.200. The van der Waals surface area contributed by atoms with E-state index >= 15 is 0 Å². The summed E-state index contributed by atoms with van der Waals surface area (Å²) in [4.78, 5) is 0. The summed E-state index contributed by atoms with van der Waals surface area (Å²) in [6.07, 6.45) is 4.34. The molecule has 0 amide bonds. The van der Waals surface area contributed by atoms with Gasteiger partial charge < -0.3 is 5.11 Å². The molecular formula is C25H24O. The van der Waals surface area contributed by atoms with E-state index in [4.69, 9.17) is 0 Å². The Labute approximate surface area is 155 Å². The van der Waals surface area contributed by atoms with Crippen LogP contribution >= 0.6 is 0 Å². The zero-order valence-electron chi connectivity index (χ0n) is 15.6. The molecule has 0 spiro atoms. The van der Waals surface area contributed by atoms with Crippen LogP contribution in [0.25, 0.3) is 28.3 Å². The largest absolute Gasteiger partial charge is 0.392 e. The predicted molar refractivity (Wildman–Crippen MR) is 111 cm³/mol. The summed E-state index contributed by atoms with van der Waals surface area (Å²) in [7, 11) is 0. The van der Waals surface area contributed by atoms with Gasteiger partial charge in [-0.3, -0.25) is 0 Å². The zero-order chi connectivity index (χ0) is 18.3. The molecule has 1 heteroatoms. The van der Waals surface area contributed by atoms with E-state index in [9.17, 15) is 5.11 Å². The average molecular weight is 340 g/mol. The summed E-state index contributed by atoms with van der Waals surface area (Å²) < 4.78 is 0. The molecule has 0 aromatic heterocycles. The van der Waals surface area contributed by atoms with Crippen LogP contribution in [0.5, 0.6) is 0 Å². The maximum absolute atomic E-state index is 9.67. The molecule has 4 rings (SSSR count). The molecule has 0 unspecified atom stereocenters. The number of fused-ring (bicyclic) bond motifs is 2. The second-order valence-electron chi connectivity index (χ2n) is 8.00. The third kappa shape index (κ3) is 2.89. The van der Waals surface area contributed by atoms with Gasteiger partial charge in [-0.1, -0.05) is 81.4 Å². The molecule has 3 aliphatic rings. The van der Waals surface area contributed by atoms with Crippen molar-refractivity contribution in [3.8, 4) is 11.1 Å². The van der Waals surface area contributed by atoms with Crippen molar-refractivity contribution in [2.75, 3.05) is 6.61 Å². The Morgan fingerprint density at radius 2 is 1.50 bits per heavy atom. The average Bonchev–Trinajstić information content (AvgIpc) is 3.07. The maximum Gasteiger partial charge on any atom is 0.0688 e. The third-order valence-corrected chi connectivity index (χ3v) is 5.20. The molecule has 0 aliphatic heterocycles. The van der Waals surface area contributed by atoms with E-state index < -0.39 is 0 Å². The van der Waals surface area contributed by atoms with Crippen molar-refractivity contribution < 1.29 is 5.11 Å². The standard InChI is InChI=1S/C25H24O/c1-25(2,3)21-11-10-17-8-9-18(22(17)13-12-21)14-19-15-20(16-26)24-7-5-4-6-23(19)24/h4-15,26H,16H2,1-3H3/b19-14+. The zero-order valence-corrected chi connectivity index (χ0v) is 15.6. The molecule has 1 N–H and O–H groups in total. The highest BCUT2D eigenvalue weighted by Gasteiger charge is 2.18. The Morgan fingerprint density at radius 1 is 0.808 bits per heavy atom. The van der Waals surface area contributed by atoms with Crippen molar-refractivity contribution in [3.05, 3.63) is 89.0 Å². The van der Waals surface area contributed by atoms with Gasteiger partial charge >= 0.3 is 0 Å². The molecule has 0 saturated carbocycles. The van der Waals surface area contributed by atoms with Gasteiger partial charge in [0.2, 0.25) is 0 Å². The summed E-state index contributed by atoms with van der Waals surface area (Å²) >= 11 is 0. The number of allylic oxidation sites excluding steroid dienone is 2. The van der Waals surface area contributed by atoms with Gasteiger partial charge in [-0.05, 0) is 62.1 Å². The highest BCUT2D eigenvalue weighted by atomic mass is 16.3. The monoisotopic (exact) mass is 340 g/mol. The Hall–Kier alpha value is -2.64. The predicted octanol–water partition coefficient (Wildman–Crippen LogP) is 6.02. The highest BCUT2D eigenvalue weighted by molar-refractivity contribution is 6.03. The van der Waals surface area contributed by atoms with E-state index in [1.165, 1.54) is 33.4 Å². The van der Waals surface area contributed by atoms with E-state index in [0.717, 1.165) is 11.1 Å². The number of aliphatic hydroxyl groups is 1. The van der Waals surface area contributed by atoms with Crippen LogP contribution in [0.2, 0.25) is 0 Å². The fourth-order valence-corrected chi connectivity index (χ4v) is 3.67. The topological polar surface area (TPSA) is 20.2 Å². The maximum atomic E-state index is 9.67. The van der Waals surface area contributed by atoms with Crippen molar-refractivity contribution in [2.45, 2.75) is 26.2 Å². The lowest BCUT2D eigenvalue weighted by atomic mass is 9.88. The number of benzene rings is 1. The summed E-state index contributed by atoms with van der Waals surface area (Å²) in [5.41, 5.74) is 9.69. The normalized spacial score (nSPS) is 15.4. The van der Waals surface area contributed by atoms with Gasteiger partial charge in [0.25, 0.3) is 0 Å². The van der Waals surface area contributed by atoms with E-state index in [2.05, 4.69) is 87.5 Å². The minimum absolute atomic E-state index is 0.0695. The molecule has 3 aliphatic carbocycles. The van der Waals surface area contributed by atoms with Crippen LogP contribution in [0.1, 0.15) is 43.0 Å². The fourth-order valence-electron chi connectivity index (χ4n) is 3.67. The van der Waals surface area contributed by atoms with Crippen molar-refractivity contribution >= 4 is 17.2 Å². The smallest absolute Gasteiger partial charge is 0.0688 e. The van der Waals surface area contributed by atoms with Crippen LogP contribution in [-0.2, 0) is 5.41 Å². The lowest BCUT2D eigenvalue weighted by molar-refractivity contribution is 0.350. The molecule has 1 aromatic rings. The van der Waals surface area contributed by atoms with Crippen LogP contribution in [0, 0.1) is 0 Å². The second-order valence-corrected chi connectivity index (χ2v) is 8.00. The first-order valence-corrected chi connectivity index (χ1v) is 9.13. The SMILES string of the molecule is CC(C)(C)c1ccc2ccc(/C=C3\C=C(CO)c4ccccc43)c-2cc1. The van der Waals surface area contributed by atoms with Crippen LogP contribution in [0.15, 0.2) is 66.7 Å². The van der Waals surface area contributed by atoms with E-state index in [0.29, 0.717) is 0 Å². The lowest BCUT2D eigenvalue weighted by Gasteiger charge is -2.17. The quantitative estimate of drug-likeness (QED) is 0.605. The van der Waals surface area contributed by atoms with Crippen molar-refractivity contribution in [2.24, 2.45) is 0 Å². The molecule has 0 heterocycles. The van der Waals surface area contributed by atoms with Crippen LogP contribution in [-0.4, -0.2) is 11.7 Å². The Morgan fingerprint density at radius 3 is 2.23 bits per heavy atom. The minimum Gasteiger partial charge on any atom is -0.392 e. The molecule has 0 radical (unpaired) electrons. The Kier molecular flexibility index (Phi) is 4.05. The van der Waals surface area contributed by atoms with Crippen LogP contribution in [0.3, 0.4) is 0 Å². The van der Waals surface area contributed by atoms with Gasteiger partial charge in [0, 0.05) is 0 Å². The van der Waals surface area contributed by atoms with Crippen LogP contribution in [0.4, 0.5) is 0 Å². The van der Waals surface area contributed by atoms with Gasteiger partial charge in [0.15, 0.2) is 0 Å². The lowest BCUT2D eigenvalue weighted by Crippen LogP contribution is -2.09. The summed E-state index contributed by atoms with van der Waals surface area (Å²) in [6.45, 7) is 6.80. The van der Waals surface area contributed by atoms with E-state index in [-0.39, 0.29) is 12.0 Å². The van der Waals surface area contributed by atoms with Crippen molar-refractivity contribution in [1.29, 1.82) is 0 Å². The first-order chi connectivity index (χ1) is 12.5. The molecule has 26 heavy (non-hydrogen) atoms. The summed E-state index contributed by atoms with van der Waals surface area (Å²) in [5.74, 6) is 0. The Bertz CT molecular complexity index is 999. The van der Waals surface area contributed by atoms with Gasteiger partial charge in [0.1, 0.15) is 0 Å². The number of hydrogen-bond acceptors (Lipinski definition) is 1. The molecule has 130 valence electrons. The first-order valence-electron chi connectivity index (χ1n) is 9.13. The van der Waals surface area contributed by atoms with Gasteiger partial charge in [-0.2, -0.15) is 0 Å². The molecule has 0 bridgehead atoms. The number of aliphatic hydroxyl groups excluding tert-OH is 1. The minimum atomic E-state index is 0.0695. The third-order valence-electron chi connectivity index (χ3n) is 5.20. The van der Waals surface area contributed by atoms with Gasteiger partial charge in [0.05, 0.1) is 6.61 Å². The molecule has 1 nitrogen and oxygen atoms in total. The van der Waals surface area contributed by atoms with Gasteiger partial charge in [-0.15, -0.1) is 0 Å². The summed E-state index contributed by atoms with van der Waals surface area (Å²) in [5, 5.41) is 9.67. The van der Waals surface area contributed by atoms with Crippen LogP contribution < -0.4 is 0 Å². The van der Waals surface area contributed by atoms with Gasteiger partial charge in [-0.25, -0.2) is 0 Å². The van der Waals surface area contributed by atoms with E-state index in [1.54, 1.807) is 0 Å². The molecule has 0 fully saturated rings.